The van der Waals surface area contributed by atoms with Gasteiger partial charge in [0.15, 0.2) is 0 Å². The quantitative estimate of drug-likeness (QED) is 0.842. The van der Waals surface area contributed by atoms with Crippen molar-refractivity contribution in [2.24, 2.45) is 0 Å². The number of halogens is 1. The fourth-order valence-electron chi connectivity index (χ4n) is 3.82. The molecule has 1 aliphatic carbocycles. The van der Waals surface area contributed by atoms with E-state index in [1.807, 2.05) is 6.07 Å². The van der Waals surface area contributed by atoms with Crippen LogP contribution in [0, 0.1) is 12.7 Å². The number of nitrogens with one attached hydrogen (secondary N) is 1. The third kappa shape index (κ3) is 2.83. The normalized spacial score (nSPS) is 22.8. The molecule has 1 spiro atoms. The molecule has 110 valence electrons. The van der Waals surface area contributed by atoms with Crippen LogP contribution in [0.4, 0.5) is 10.1 Å². The second-order valence-corrected chi connectivity index (χ2v) is 6.47. The molecule has 3 rings (SSSR count). The summed E-state index contributed by atoms with van der Waals surface area (Å²) in [5.41, 5.74) is 2.52. The Labute approximate surface area is 121 Å². The van der Waals surface area contributed by atoms with E-state index in [2.05, 4.69) is 17.1 Å². The summed E-state index contributed by atoms with van der Waals surface area (Å²) in [7, 11) is 0. The van der Waals surface area contributed by atoms with Crippen LogP contribution >= 0.6 is 0 Å². The van der Waals surface area contributed by atoms with Gasteiger partial charge in [-0.1, -0.05) is 25.3 Å². The fraction of sp³-hybridized carbons (Fsp3) is 0.647. The summed E-state index contributed by atoms with van der Waals surface area (Å²) in [6, 6.07) is 5.17. The zero-order valence-electron chi connectivity index (χ0n) is 12.4. The second-order valence-electron chi connectivity index (χ2n) is 6.47. The number of aryl methyl sites for hydroxylation is 1. The van der Waals surface area contributed by atoms with E-state index in [4.69, 9.17) is 0 Å². The predicted octanol–water partition coefficient (Wildman–Crippen LogP) is 3.64. The molecule has 1 aromatic carbocycles. The molecule has 20 heavy (non-hydrogen) atoms. The topological polar surface area (TPSA) is 15.3 Å². The van der Waals surface area contributed by atoms with Crippen LogP contribution < -0.4 is 10.2 Å². The lowest BCUT2D eigenvalue weighted by molar-refractivity contribution is 0.246. The molecule has 0 amide bonds. The Bertz CT molecular complexity index is 466. The molecule has 0 atom stereocenters. The van der Waals surface area contributed by atoms with Crippen molar-refractivity contribution in [1.82, 2.24) is 5.32 Å². The maximum absolute atomic E-state index is 13.6. The summed E-state index contributed by atoms with van der Waals surface area (Å²) in [6.07, 6.45) is 7.67. The van der Waals surface area contributed by atoms with Crippen molar-refractivity contribution in [3.63, 3.8) is 0 Å². The van der Waals surface area contributed by atoms with Gasteiger partial charge in [-0.25, -0.2) is 4.39 Å². The Morgan fingerprint density at radius 2 is 1.95 bits per heavy atom. The van der Waals surface area contributed by atoms with Gasteiger partial charge in [0.1, 0.15) is 5.82 Å². The van der Waals surface area contributed by atoms with Gasteiger partial charge in [0.25, 0.3) is 0 Å². The predicted molar refractivity (Wildman–Crippen MR) is 81.8 cm³/mol. The van der Waals surface area contributed by atoms with Crippen molar-refractivity contribution in [3.8, 4) is 0 Å². The first kappa shape index (κ1) is 13.9. The molecule has 0 unspecified atom stereocenters. The minimum atomic E-state index is -0.125. The molecule has 1 saturated heterocycles. The van der Waals surface area contributed by atoms with Gasteiger partial charge < -0.3 is 10.2 Å². The highest BCUT2D eigenvalue weighted by atomic mass is 19.1. The third-order valence-corrected chi connectivity index (χ3v) is 4.92. The van der Waals surface area contributed by atoms with E-state index < -0.39 is 0 Å². The molecule has 0 radical (unpaired) electrons. The van der Waals surface area contributed by atoms with Crippen LogP contribution in [0.1, 0.15) is 44.1 Å². The Hall–Kier alpha value is -1.09. The molecular weight excluding hydrogens is 251 g/mol. The minimum Gasteiger partial charge on any atom is -0.369 e. The van der Waals surface area contributed by atoms with Gasteiger partial charge >= 0.3 is 0 Å². The first-order valence-electron chi connectivity index (χ1n) is 7.95. The maximum atomic E-state index is 13.6. The van der Waals surface area contributed by atoms with Crippen LogP contribution in [0.15, 0.2) is 18.2 Å². The van der Waals surface area contributed by atoms with E-state index in [1.54, 1.807) is 12.1 Å². The number of nitrogens with zero attached hydrogens (tertiary/aromatic N) is 1. The van der Waals surface area contributed by atoms with Crippen molar-refractivity contribution in [1.29, 1.82) is 0 Å². The fourth-order valence-corrected chi connectivity index (χ4v) is 3.82. The van der Waals surface area contributed by atoms with Gasteiger partial charge in [-0.2, -0.15) is 0 Å². The van der Waals surface area contributed by atoms with Crippen LogP contribution in [0.2, 0.25) is 0 Å². The Kier molecular flexibility index (Phi) is 3.97. The summed E-state index contributed by atoms with van der Waals surface area (Å²) in [5, 5.41) is 3.80. The second kappa shape index (κ2) is 5.72. The highest BCUT2D eigenvalue weighted by Gasteiger charge is 2.35. The average Bonchev–Trinajstić information content (AvgIpc) is 2.65. The maximum Gasteiger partial charge on any atom is 0.125 e. The summed E-state index contributed by atoms with van der Waals surface area (Å²) in [4.78, 5) is 2.41. The van der Waals surface area contributed by atoms with E-state index in [9.17, 15) is 4.39 Å². The highest BCUT2D eigenvalue weighted by Crippen LogP contribution is 2.33. The molecule has 2 fully saturated rings. The van der Waals surface area contributed by atoms with Crippen LogP contribution in [0.3, 0.4) is 0 Å². The number of rotatable bonds is 1. The van der Waals surface area contributed by atoms with Crippen molar-refractivity contribution in [2.75, 3.05) is 24.5 Å². The SMILES string of the molecule is Cc1ccc(F)cc1N1CCCNC2(CCCCC2)C1. The molecule has 0 bridgehead atoms. The summed E-state index contributed by atoms with van der Waals surface area (Å²) < 4.78 is 13.6. The number of anilines is 1. The molecular formula is C17H25FN2. The monoisotopic (exact) mass is 276 g/mol. The molecule has 1 saturated carbocycles. The molecule has 2 nitrogen and oxygen atoms in total. The van der Waals surface area contributed by atoms with Crippen molar-refractivity contribution < 1.29 is 4.39 Å². The van der Waals surface area contributed by atoms with Crippen molar-refractivity contribution >= 4 is 5.69 Å². The van der Waals surface area contributed by atoms with Crippen LogP contribution in [0.5, 0.6) is 0 Å². The zero-order chi connectivity index (χ0) is 14.0. The third-order valence-electron chi connectivity index (χ3n) is 4.92. The van der Waals surface area contributed by atoms with Crippen LogP contribution in [-0.2, 0) is 0 Å². The molecule has 3 heteroatoms. The first-order chi connectivity index (χ1) is 9.69. The van der Waals surface area contributed by atoms with Crippen molar-refractivity contribution in [3.05, 3.63) is 29.6 Å². The number of hydrogen-bond acceptors (Lipinski definition) is 2. The van der Waals surface area contributed by atoms with Gasteiger partial charge in [-0.3, -0.25) is 0 Å². The Morgan fingerprint density at radius 1 is 1.15 bits per heavy atom. The zero-order valence-corrected chi connectivity index (χ0v) is 12.4. The summed E-state index contributed by atoms with van der Waals surface area (Å²) in [6.45, 7) is 5.22. The molecule has 0 aromatic heterocycles. The van der Waals surface area contributed by atoms with E-state index >= 15 is 0 Å². The molecule has 1 aliphatic heterocycles. The van der Waals surface area contributed by atoms with Crippen molar-refractivity contribution in [2.45, 2.75) is 51.0 Å². The van der Waals surface area contributed by atoms with E-state index in [1.165, 1.54) is 37.7 Å². The molecule has 1 aromatic rings. The molecule has 2 aliphatic rings. The standard InChI is InChI=1S/C17H25FN2/c1-14-6-7-15(18)12-16(14)20-11-5-10-19-17(13-20)8-3-2-4-9-17/h6-7,12,19H,2-5,8-11,13H2,1H3. The lowest BCUT2D eigenvalue weighted by atomic mass is 9.81. The van der Waals surface area contributed by atoms with E-state index in [0.29, 0.717) is 0 Å². The van der Waals surface area contributed by atoms with Gasteiger partial charge in [-0.15, -0.1) is 0 Å². The Balaban J connectivity index is 1.86. The number of hydrogen-bond donors (Lipinski definition) is 1. The lowest BCUT2D eigenvalue weighted by Crippen LogP contribution is -2.52. The smallest absolute Gasteiger partial charge is 0.125 e. The lowest BCUT2D eigenvalue weighted by Gasteiger charge is -2.41. The van der Waals surface area contributed by atoms with Crippen LogP contribution in [0.25, 0.3) is 0 Å². The molecule has 1 N–H and O–H groups in total. The van der Waals surface area contributed by atoms with E-state index in [0.717, 1.165) is 31.7 Å². The average molecular weight is 276 g/mol. The first-order valence-corrected chi connectivity index (χ1v) is 7.95. The number of benzene rings is 1. The largest absolute Gasteiger partial charge is 0.369 e. The van der Waals surface area contributed by atoms with Gasteiger partial charge in [0, 0.05) is 24.3 Å². The summed E-state index contributed by atoms with van der Waals surface area (Å²) >= 11 is 0. The van der Waals surface area contributed by atoms with Gasteiger partial charge in [0.2, 0.25) is 0 Å². The summed E-state index contributed by atoms with van der Waals surface area (Å²) in [5.74, 6) is -0.125. The minimum absolute atomic E-state index is 0.125. The highest BCUT2D eigenvalue weighted by molar-refractivity contribution is 5.54. The Morgan fingerprint density at radius 3 is 2.75 bits per heavy atom. The molecule has 1 heterocycles. The van der Waals surface area contributed by atoms with Crippen LogP contribution in [-0.4, -0.2) is 25.2 Å². The van der Waals surface area contributed by atoms with Gasteiger partial charge in [0.05, 0.1) is 0 Å². The van der Waals surface area contributed by atoms with E-state index in [-0.39, 0.29) is 11.4 Å². The van der Waals surface area contributed by atoms with Gasteiger partial charge in [-0.05, 0) is 50.4 Å².